The van der Waals surface area contributed by atoms with E-state index in [4.69, 9.17) is 15.2 Å². The summed E-state index contributed by atoms with van der Waals surface area (Å²) in [7, 11) is -8.80. The number of hydrogen-bond donors (Lipinski definition) is 3. The SMILES string of the molecule is C=C(C)C(=O)OCCOCCS(=O)(=O)c1cccc(Nc2cc(S(=O)(=O)O)c(N)c3c2C(=O)c2ccccc2C3=O)c1. The normalized spacial score (nSPS) is 12.8. The Morgan fingerprint density at radius 2 is 1.57 bits per heavy atom. The first-order valence-electron chi connectivity index (χ1n) is 12.3. The summed E-state index contributed by atoms with van der Waals surface area (Å²) in [5.74, 6) is -2.32. The molecular weight excluding hydrogens is 588 g/mol. The van der Waals surface area contributed by atoms with Crippen LogP contribution in [0.5, 0.6) is 0 Å². The van der Waals surface area contributed by atoms with Gasteiger partial charge < -0.3 is 20.5 Å². The molecule has 0 fully saturated rings. The molecule has 0 aromatic heterocycles. The number of esters is 1. The van der Waals surface area contributed by atoms with Gasteiger partial charge in [-0.1, -0.05) is 36.9 Å². The van der Waals surface area contributed by atoms with Crippen LogP contribution in [-0.2, 0) is 34.2 Å². The standard InChI is InChI=1S/C28H26N2O10S2/c1-16(2)28(33)40-11-10-39-12-13-41(34,35)18-7-5-6-17(14-18)30-21-15-22(42(36,37)38)25(29)24-23(21)26(31)19-8-3-4-9-20(19)27(24)32/h3-9,14-15,30H,1,10-13,29H2,2H3,(H,36,37,38). The molecule has 0 heterocycles. The van der Waals surface area contributed by atoms with Crippen molar-refractivity contribution in [3.05, 3.63) is 89.0 Å². The lowest BCUT2D eigenvalue weighted by Crippen LogP contribution is -2.25. The van der Waals surface area contributed by atoms with E-state index < -0.39 is 59.4 Å². The molecule has 4 N–H and O–H groups in total. The summed E-state index contributed by atoms with van der Waals surface area (Å²) >= 11 is 0. The molecule has 1 aliphatic rings. The average Bonchev–Trinajstić information content (AvgIpc) is 2.93. The van der Waals surface area contributed by atoms with E-state index >= 15 is 0 Å². The molecular formula is C28H26N2O10S2. The second kappa shape index (κ2) is 11.9. The van der Waals surface area contributed by atoms with Gasteiger partial charge in [-0.2, -0.15) is 8.42 Å². The zero-order valence-corrected chi connectivity index (χ0v) is 23.9. The highest BCUT2D eigenvalue weighted by Crippen LogP contribution is 2.40. The minimum atomic E-state index is -4.93. The Labute approximate surface area is 241 Å². The third-order valence-corrected chi connectivity index (χ3v) is 8.83. The van der Waals surface area contributed by atoms with Crippen LogP contribution in [0.25, 0.3) is 0 Å². The minimum absolute atomic E-state index is 0.0180. The maximum absolute atomic E-state index is 13.5. The van der Waals surface area contributed by atoms with Crippen molar-refractivity contribution in [3.8, 4) is 0 Å². The van der Waals surface area contributed by atoms with Crippen molar-refractivity contribution in [3.63, 3.8) is 0 Å². The fraction of sp³-hybridized carbons (Fsp3) is 0.179. The Morgan fingerprint density at radius 1 is 0.929 bits per heavy atom. The molecule has 12 nitrogen and oxygen atoms in total. The summed E-state index contributed by atoms with van der Waals surface area (Å²) in [6.07, 6.45) is 0. The van der Waals surface area contributed by atoms with Gasteiger partial charge in [0.15, 0.2) is 21.4 Å². The van der Waals surface area contributed by atoms with E-state index in [0.29, 0.717) is 0 Å². The number of ether oxygens (including phenoxy) is 2. The number of rotatable bonds is 11. The lowest BCUT2D eigenvalue weighted by Gasteiger charge is -2.23. The number of sulfone groups is 1. The number of benzene rings is 3. The average molecular weight is 615 g/mol. The Balaban J connectivity index is 1.62. The first-order valence-corrected chi connectivity index (χ1v) is 15.4. The highest BCUT2D eigenvalue weighted by atomic mass is 32.2. The fourth-order valence-corrected chi connectivity index (χ4v) is 6.05. The molecule has 3 aromatic rings. The van der Waals surface area contributed by atoms with Gasteiger partial charge in [0.25, 0.3) is 10.1 Å². The van der Waals surface area contributed by atoms with Crippen LogP contribution in [0.4, 0.5) is 17.1 Å². The maximum atomic E-state index is 13.5. The molecule has 14 heteroatoms. The van der Waals surface area contributed by atoms with Crippen molar-refractivity contribution in [2.45, 2.75) is 16.7 Å². The summed E-state index contributed by atoms with van der Waals surface area (Å²) in [6.45, 7) is 4.65. The van der Waals surface area contributed by atoms with Crippen molar-refractivity contribution in [2.75, 3.05) is 36.6 Å². The Kier molecular flexibility index (Phi) is 8.63. The predicted molar refractivity (Wildman–Crippen MR) is 152 cm³/mol. The van der Waals surface area contributed by atoms with Crippen molar-refractivity contribution in [1.82, 2.24) is 0 Å². The summed E-state index contributed by atoms with van der Waals surface area (Å²) < 4.78 is 70.0. The number of anilines is 3. The quantitative estimate of drug-likeness (QED) is 0.0735. The molecule has 0 atom stereocenters. The van der Waals surface area contributed by atoms with Gasteiger partial charge in [0.05, 0.1) is 46.4 Å². The Bertz CT molecular complexity index is 1850. The Morgan fingerprint density at radius 3 is 2.19 bits per heavy atom. The number of carbonyl (C=O) groups is 3. The molecule has 0 radical (unpaired) electrons. The van der Waals surface area contributed by atoms with Crippen LogP contribution >= 0.6 is 0 Å². The highest BCUT2D eigenvalue weighted by Gasteiger charge is 2.36. The van der Waals surface area contributed by atoms with Gasteiger partial charge >= 0.3 is 5.97 Å². The summed E-state index contributed by atoms with van der Waals surface area (Å²) in [5.41, 5.74) is 5.05. The van der Waals surface area contributed by atoms with Gasteiger partial charge in [-0.3, -0.25) is 14.1 Å². The lowest BCUT2D eigenvalue weighted by atomic mass is 9.82. The first kappa shape index (κ1) is 30.6. The fourth-order valence-electron chi connectivity index (χ4n) is 4.23. The van der Waals surface area contributed by atoms with E-state index in [1.807, 2.05) is 0 Å². The van der Waals surface area contributed by atoms with E-state index in [1.54, 1.807) is 6.07 Å². The van der Waals surface area contributed by atoms with Gasteiger partial charge in [-0.25, -0.2) is 13.2 Å². The Hall–Kier alpha value is -4.37. The molecule has 0 aliphatic heterocycles. The highest BCUT2D eigenvalue weighted by molar-refractivity contribution is 7.91. The third kappa shape index (κ3) is 6.26. The lowest BCUT2D eigenvalue weighted by molar-refractivity contribution is -0.140. The first-order chi connectivity index (χ1) is 19.7. The topological polar surface area (TPSA) is 196 Å². The van der Waals surface area contributed by atoms with Crippen LogP contribution in [-0.4, -0.2) is 64.5 Å². The van der Waals surface area contributed by atoms with E-state index in [0.717, 1.165) is 6.07 Å². The van der Waals surface area contributed by atoms with E-state index in [2.05, 4.69) is 11.9 Å². The zero-order valence-electron chi connectivity index (χ0n) is 22.2. The molecule has 4 rings (SSSR count). The van der Waals surface area contributed by atoms with E-state index in [1.165, 1.54) is 49.4 Å². The largest absolute Gasteiger partial charge is 0.460 e. The molecule has 1 aliphatic carbocycles. The number of ketones is 2. The van der Waals surface area contributed by atoms with Crippen LogP contribution in [0, 0.1) is 0 Å². The van der Waals surface area contributed by atoms with Gasteiger partial charge in [0.1, 0.15) is 11.5 Å². The van der Waals surface area contributed by atoms with Gasteiger partial charge in [0.2, 0.25) is 0 Å². The van der Waals surface area contributed by atoms with Crippen molar-refractivity contribution >= 4 is 54.6 Å². The molecule has 0 bridgehead atoms. The van der Waals surface area contributed by atoms with Gasteiger partial charge in [-0.15, -0.1) is 0 Å². The minimum Gasteiger partial charge on any atom is -0.460 e. The summed E-state index contributed by atoms with van der Waals surface area (Å²) in [6, 6.07) is 12.3. The molecule has 0 saturated heterocycles. The molecule has 0 spiro atoms. The molecule has 0 amide bonds. The van der Waals surface area contributed by atoms with Crippen LogP contribution in [0.3, 0.4) is 0 Å². The number of nitrogen functional groups attached to an aromatic ring is 1. The monoisotopic (exact) mass is 614 g/mol. The molecule has 0 saturated carbocycles. The van der Waals surface area contributed by atoms with E-state index in [9.17, 15) is 35.8 Å². The van der Waals surface area contributed by atoms with Crippen molar-refractivity contribution < 1.29 is 45.2 Å². The van der Waals surface area contributed by atoms with Crippen LogP contribution in [0.15, 0.2) is 76.5 Å². The number of carbonyl (C=O) groups excluding carboxylic acids is 3. The number of nitrogens with two attached hydrogens (primary N) is 1. The van der Waals surface area contributed by atoms with Crippen LogP contribution < -0.4 is 11.1 Å². The zero-order chi connectivity index (χ0) is 30.8. The van der Waals surface area contributed by atoms with Crippen molar-refractivity contribution in [2.24, 2.45) is 0 Å². The van der Waals surface area contributed by atoms with E-state index in [-0.39, 0.29) is 58.4 Å². The second-order valence-electron chi connectivity index (χ2n) is 9.27. The summed E-state index contributed by atoms with van der Waals surface area (Å²) in [4.78, 5) is 37.2. The van der Waals surface area contributed by atoms with Crippen LogP contribution in [0.1, 0.15) is 38.8 Å². The number of fused-ring (bicyclic) bond motifs is 2. The summed E-state index contributed by atoms with van der Waals surface area (Å²) in [5, 5.41) is 2.81. The smallest absolute Gasteiger partial charge is 0.333 e. The maximum Gasteiger partial charge on any atom is 0.333 e. The molecule has 220 valence electrons. The molecule has 42 heavy (non-hydrogen) atoms. The van der Waals surface area contributed by atoms with Gasteiger partial charge in [0, 0.05) is 22.4 Å². The third-order valence-electron chi connectivity index (χ3n) is 6.26. The molecule has 3 aromatic carbocycles. The second-order valence-corrected chi connectivity index (χ2v) is 12.8. The number of hydrogen-bond acceptors (Lipinski definition) is 11. The van der Waals surface area contributed by atoms with Crippen molar-refractivity contribution in [1.29, 1.82) is 0 Å². The van der Waals surface area contributed by atoms with Crippen LogP contribution in [0.2, 0.25) is 0 Å². The predicted octanol–water partition coefficient (Wildman–Crippen LogP) is 2.94. The van der Waals surface area contributed by atoms with Gasteiger partial charge in [-0.05, 0) is 31.2 Å². The molecule has 0 unspecified atom stereocenters. The number of nitrogens with one attached hydrogen (secondary N) is 1.